The fourth-order valence-electron chi connectivity index (χ4n) is 1.25. The summed E-state index contributed by atoms with van der Waals surface area (Å²) in [6.07, 6.45) is 1.18. The molecule has 76 valence electrons. The number of aromatic nitrogens is 1. The van der Waals surface area contributed by atoms with E-state index in [9.17, 15) is 10.1 Å². The van der Waals surface area contributed by atoms with Crippen molar-refractivity contribution in [2.45, 2.75) is 0 Å². The van der Waals surface area contributed by atoms with E-state index < -0.39 is 4.92 Å². The van der Waals surface area contributed by atoms with Crippen molar-refractivity contribution < 1.29 is 4.92 Å². The molecule has 1 heterocycles. The molecule has 0 fully saturated rings. The van der Waals surface area contributed by atoms with Gasteiger partial charge in [0.1, 0.15) is 11.2 Å². The van der Waals surface area contributed by atoms with Crippen molar-refractivity contribution in [3.8, 4) is 0 Å². The highest BCUT2D eigenvalue weighted by atomic mass is 127. The third-order valence-electron chi connectivity index (χ3n) is 1.94. The highest BCUT2D eigenvalue weighted by Gasteiger charge is 2.15. The summed E-state index contributed by atoms with van der Waals surface area (Å²) in [4.78, 5) is 14.1. The summed E-state index contributed by atoms with van der Waals surface area (Å²) < 4.78 is 1.01. The Kier molecular flexibility index (Phi) is 2.74. The highest BCUT2D eigenvalue weighted by Crippen LogP contribution is 2.31. The maximum atomic E-state index is 10.6. The molecule has 0 N–H and O–H groups in total. The van der Waals surface area contributed by atoms with Gasteiger partial charge in [0, 0.05) is 8.96 Å². The summed E-state index contributed by atoms with van der Waals surface area (Å²) in [5.41, 5.74) is 0.503. The van der Waals surface area contributed by atoms with Crippen molar-refractivity contribution in [2.75, 3.05) is 0 Å². The van der Waals surface area contributed by atoms with Gasteiger partial charge in [-0.15, -0.1) is 0 Å². The van der Waals surface area contributed by atoms with E-state index in [2.05, 4.69) is 27.6 Å². The van der Waals surface area contributed by atoms with Gasteiger partial charge < -0.3 is 0 Å². The normalized spacial score (nSPS) is 10.5. The van der Waals surface area contributed by atoms with E-state index in [-0.39, 0.29) is 10.7 Å². The van der Waals surface area contributed by atoms with Crippen LogP contribution in [0.4, 0.5) is 5.69 Å². The van der Waals surface area contributed by atoms with Crippen molar-refractivity contribution in [2.24, 2.45) is 0 Å². The second kappa shape index (κ2) is 3.90. The Bertz CT molecular complexity index is 559. The number of nitro groups is 1. The van der Waals surface area contributed by atoms with Crippen molar-refractivity contribution >= 4 is 50.8 Å². The summed E-state index contributed by atoms with van der Waals surface area (Å²) in [7, 11) is 0. The molecule has 0 atom stereocenters. The molecule has 0 aliphatic carbocycles. The first-order chi connectivity index (χ1) is 7.09. The highest BCUT2D eigenvalue weighted by molar-refractivity contribution is 14.1. The molecule has 0 amide bonds. The van der Waals surface area contributed by atoms with E-state index in [1.165, 1.54) is 6.20 Å². The van der Waals surface area contributed by atoms with Crippen molar-refractivity contribution in [1.82, 2.24) is 4.98 Å². The fourth-order valence-corrected chi connectivity index (χ4v) is 2.00. The Labute approximate surface area is 104 Å². The van der Waals surface area contributed by atoms with Gasteiger partial charge in [0.2, 0.25) is 0 Å². The van der Waals surface area contributed by atoms with Gasteiger partial charge in [0.25, 0.3) is 0 Å². The Morgan fingerprint density at radius 1 is 1.47 bits per heavy atom. The third kappa shape index (κ3) is 1.89. The molecule has 15 heavy (non-hydrogen) atoms. The number of benzene rings is 1. The molecule has 0 saturated carbocycles. The first-order valence-electron chi connectivity index (χ1n) is 3.98. The van der Waals surface area contributed by atoms with E-state index in [0.717, 1.165) is 3.57 Å². The first-order valence-corrected chi connectivity index (χ1v) is 5.43. The Balaban J connectivity index is 2.80. The molecule has 2 rings (SSSR count). The van der Waals surface area contributed by atoms with Crippen LogP contribution in [0.5, 0.6) is 0 Å². The largest absolute Gasteiger partial charge is 0.306 e. The molecule has 0 aliphatic heterocycles. The first kappa shape index (κ1) is 10.6. The minimum absolute atomic E-state index is 0.140. The number of pyridine rings is 1. The summed E-state index contributed by atoms with van der Waals surface area (Å²) in [6, 6.07) is 5.39. The lowest BCUT2D eigenvalue weighted by molar-refractivity contribution is -0.384. The number of nitrogens with zero attached hydrogens (tertiary/aromatic N) is 2. The van der Waals surface area contributed by atoms with Crippen LogP contribution < -0.4 is 0 Å². The van der Waals surface area contributed by atoms with Crippen LogP contribution in [0.3, 0.4) is 0 Å². The van der Waals surface area contributed by atoms with Crippen LogP contribution in [0.2, 0.25) is 5.02 Å². The third-order valence-corrected chi connectivity index (χ3v) is 3.01. The van der Waals surface area contributed by atoms with E-state index >= 15 is 0 Å². The number of fused-ring (bicyclic) bond motifs is 1. The maximum absolute atomic E-state index is 10.6. The molecule has 0 saturated heterocycles. The van der Waals surface area contributed by atoms with Crippen molar-refractivity contribution in [3.63, 3.8) is 0 Å². The van der Waals surface area contributed by atoms with Crippen LogP contribution in [0.15, 0.2) is 24.4 Å². The van der Waals surface area contributed by atoms with Crippen molar-refractivity contribution in [3.05, 3.63) is 43.1 Å². The van der Waals surface area contributed by atoms with Crippen LogP contribution in [0.1, 0.15) is 0 Å². The Morgan fingerprint density at radius 2 is 2.20 bits per heavy atom. The quantitative estimate of drug-likeness (QED) is 0.456. The molecule has 2 aromatic rings. The molecular weight excluding hydrogens is 330 g/mol. The smallest absolute Gasteiger partial charge is 0.258 e. The molecule has 1 aromatic carbocycles. The average Bonchev–Trinajstić information content (AvgIpc) is 2.17. The van der Waals surface area contributed by atoms with E-state index in [1.807, 2.05) is 12.1 Å². The minimum atomic E-state index is -0.535. The van der Waals surface area contributed by atoms with Crippen LogP contribution in [0.25, 0.3) is 10.9 Å². The lowest BCUT2D eigenvalue weighted by Crippen LogP contribution is -1.92. The zero-order valence-corrected chi connectivity index (χ0v) is 10.2. The molecular formula is C9H4ClIN2O2. The van der Waals surface area contributed by atoms with Crippen LogP contribution in [0, 0.1) is 13.7 Å². The predicted octanol–water partition coefficient (Wildman–Crippen LogP) is 3.40. The second-order valence-electron chi connectivity index (χ2n) is 2.88. The maximum Gasteiger partial charge on any atom is 0.306 e. The van der Waals surface area contributed by atoms with Gasteiger partial charge in [-0.2, -0.15) is 0 Å². The second-order valence-corrected chi connectivity index (χ2v) is 4.50. The molecule has 1 aromatic heterocycles. The van der Waals surface area contributed by atoms with Gasteiger partial charge in [-0.1, -0.05) is 11.6 Å². The Hall–Kier alpha value is -0.950. The van der Waals surface area contributed by atoms with E-state index in [1.54, 1.807) is 6.07 Å². The van der Waals surface area contributed by atoms with Gasteiger partial charge in [-0.05, 0) is 40.8 Å². The van der Waals surface area contributed by atoms with Gasteiger partial charge in [0.15, 0.2) is 0 Å². The topological polar surface area (TPSA) is 56.0 Å². The molecule has 0 aliphatic rings. The Morgan fingerprint density at radius 3 is 2.87 bits per heavy atom. The van der Waals surface area contributed by atoms with Gasteiger partial charge in [0.05, 0.1) is 10.4 Å². The molecule has 0 radical (unpaired) electrons. The molecule has 4 nitrogen and oxygen atoms in total. The molecule has 0 bridgehead atoms. The SMILES string of the molecule is O=[N+]([O-])c1cnc2cc(I)ccc2c1Cl. The lowest BCUT2D eigenvalue weighted by Gasteiger charge is -2.00. The minimum Gasteiger partial charge on any atom is -0.258 e. The van der Waals surface area contributed by atoms with E-state index in [4.69, 9.17) is 11.6 Å². The number of hydrogen-bond donors (Lipinski definition) is 0. The van der Waals surface area contributed by atoms with Gasteiger partial charge in [-0.25, -0.2) is 4.98 Å². The summed E-state index contributed by atoms with van der Waals surface area (Å²) >= 11 is 8.05. The summed E-state index contributed by atoms with van der Waals surface area (Å²) in [5.74, 6) is 0. The van der Waals surface area contributed by atoms with Crippen LogP contribution in [-0.4, -0.2) is 9.91 Å². The van der Waals surface area contributed by atoms with Crippen molar-refractivity contribution in [1.29, 1.82) is 0 Å². The fraction of sp³-hybridized carbons (Fsp3) is 0. The monoisotopic (exact) mass is 334 g/mol. The lowest BCUT2D eigenvalue weighted by atomic mass is 10.2. The zero-order valence-electron chi connectivity index (χ0n) is 7.28. The van der Waals surface area contributed by atoms with Gasteiger partial charge >= 0.3 is 5.69 Å². The zero-order chi connectivity index (χ0) is 11.0. The average molecular weight is 334 g/mol. The number of hydrogen-bond acceptors (Lipinski definition) is 3. The predicted molar refractivity (Wildman–Crippen MR) is 66.1 cm³/mol. The van der Waals surface area contributed by atoms with Crippen LogP contribution >= 0.6 is 34.2 Å². The van der Waals surface area contributed by atoms with Gasteiger partial charge in [-0.3, -0.25) is 10.1 Å². The standard InChI is InChI=1S/C9H4ClIN2O2/c10-9-6-2-1-5(11)3-7(6)12-4-8(9)13(14)15/h1-4H. The summed E-state index contributed by atoms with van der Waals surface area (Å²) in [6.45, 7) is 0. The molecule has 0 spiro atoms. The van der Waals surface area contributed by atoms with E-state index in [0.29, 0.717) is 10.9 Å². The summed E-state index contributed by atoms with van der Waals surface area (Å²) in [5, 5.41) is 11.4. The number of halogens is 2. The molecule has 0 unspecified atom stereocenters. The van der Waals surface area contributed by atoms with Crippen LogP contribution in [-0.2, 0) is 0 Å². The number of rotatable bonds is 1. The molecule has 6 heteroatoms.